The molecule has 1 fully saturated rings. The van der Waals surface area contributed by atoms with Gasteiger partial charge in [0, 0.05) is 30.7 Å². The van der Waals surface area contributed by atoms with Crippen LogP contribution < -0.4 is 5.32 Å². The maximum atomic E-state index is 11.4. The van der Waals surface area contributed by atoms with E-state index in [2.05, 4.69) is 14.7 Å². The first-order valence-electron chi connectivity index (χ1n) is 5.59. The highest BCUT2D eigenvalue weighted by molar-refractivity contribution is 7.09. The van der Waals surface area contributed by atoms with E-state index in [9.17, 15) is 4.79 Å². The number of hydrogen-bond donors (Lipinski definition) is 1. The maximum absolute atomic E-state index is 11.4. The summed E-state index contributed by atoms with van der Waals surface area (Å²) in [4.78, 5) is 17.4. The Labute approximate surface area is 104 Å². The van der Waals surface area contributed by atoms with Crippen LogP contribution in [-0.2, 0) is 4.74 Å². The lowest BCUT2D eigenvalue weighted by molar-refractivity contribution is 0.113. The fourth-order valence-electron chi connectivity index (χ4n) is 1.92. The third-order valence-electron chi connectivity index (χ3n) is 2.71. The summed E-state index contributed by atoms with van der Waals surface area (Å²) in [5.74, 6) is 0.776. The molecule has 2 rings (SSSR count). The van der Waals surface area contributed by atoms with Gasteiger partial charge in [-0.15, -0.1) is 0 Å². The van der Waals surface area contributed by atoms with Gasteiger partial charge in [0.25, 0.3) is 0 Å². The fraction of sp³-hybridized carbons (Fsp3) is 0.700. The molecule has 94 valence electrons. The Bertz CT molecular complexity index is 395. The van der Waals surface area contributed by atoms with Crippen molar-refractivity contribution in [2.75, 3.05) is 25.5 Å². The zero-order chi connectivity index (χ0) is 12.3. The summed E-state index contributed by atoms with van der Waals surface area (Å²) < 4.78 is 8.84. The number of hydrogen-bond acceptors (Lipinski definition) is 6. The smallest absolute Gasteiger partial charge is 0.409 e. The molecule has 0 radical (unpaired) electrons. The van der Waals surface area contributed by atoms with E-state index in [0.29, 0.717) is 6.54 Å². The van der Waals surface area contributed by atoms with E-state index in [1.54, 1.807) is 4.90 Å². The summed E-state index contributed by atoms with van der Waals surface area (Å²) in [6.07, 6.45) is 1.75. The van der Waals surface area contributed by atoms with Crippen molar-refractivity contribution < 1.29 is 9.53 Å². The summed E-state index contributed by atoms with van der Waals surface area (Å²) in [6.45, 7) is 3.29. The predicted molar refractivity (Wildman–Crippen MR) is 65.3 cm³/mol. The van der Waals surface area contributed by atoms with Gasteiger partial charge in [-0.05, 0) is 19.8 Å². The highest BCUT2D eigenvalue weighted by Crippen LogP contribution is 2.17. The second-order valence-corrected chi connectivity index (χ2v) is 4.80. The highest BCUT2D eigenvalue weighted by Gasteiger charge is 2.24. The Kier molecular flexibility index (Phi) is 3.78. The molecule has 0 unspecified atom stereocenters. The van der Waals surface area contributed by atoms with E-state index in [1.165, 1.54) is 18.6 Å². The molecule has 7 heteroatoms. The van der Waals surface area contributed by atoms with Gasteiger partial charge < -0.3 is 15.0 Å². The lowest BCUT2D eigenvalue weighted by Crippen LogP contribution is -2.45. The number of amides is 1. The average Bonchev–Trinajstić information content (AvgIpc) is 2.74. The van der Waals surface area contributed by atoms with E-state index < -0.39 is 0 Å². The summed E-state index contributed by atoms with van der Waals surface area (Å²) in [7, 11) is 1.41. The molecule has 1 saturated heterocycles. The molecule has 0 aromatic carbocycles. The largest absolute Gasteiger partial charge is 0.453 e. The van der Waals surface area contributed by atoms with Crippen LogP contribution in [0, 0.1) is 6.92 Å². The Morgan fingerprint density at radius 1 is 1.65 bits per heavy atom. The van der Waals surface area contributed by atoms with E-state index in [4.69, 9.17) is 4.74 Å². The zero-order valence-corrected chi connectivity index (χ0v) is 10.8. The van der Waals surface area contributed by atoms with Gasteiger partial charge in [0.05, 0.1) is 7.11 Å². The molecule has 1 aromatic heterocycles. The summed E-state index contributed by atoms with van der Waals surface area (Å²) >= 11 is 1.35. The van der Waals surface area contributed by atoms with Gasteiger partial charge >= 0.3 is 6.09 Å². The molecular weight excluding hydrogens is 240 g/mol. The minimum absolute atomic E-state index is 0.232. The van der Waals surface area contributed by atoms with Gasteiger partial charge in [-0.25, -0.2) is 9.78 Å². The van der Waals surface area contributed by atoms with Crippen LogP contribution in [0.25, 0.3) is 0 Å². The Morgan fingerprint density at radius 2 is 2.47 bits per heavy atom. The van der Waals surface area contributed by atoms with Gasteiger partial charge in [0.1, 0.15) is 5.82 Å². The zero-order valence-electron chi connectivity index (χ0n) is 9.97. The molecule has 0 bridgehead atoms. The number of ether oxygens (including phenoxy) is 1. The molecule has 1 atom stereocenters. The van der Waals surface area contributed by atoms with Crippen LogP contribution in [0.2, 0.25) is 0 Å². The van der Waals surface area contributed by atoms with Crippen molar-refractivity contribution in [2.24, 2.45) is 0 Å². The number of nitrogens with one attached hydrogen (secondary N) is 1. The van der Waals surface area contributed by atoms with Crippen LogP contribution in [0.15, 0.2) is 0 Å². The minimum Gasteiger partial charge on any atom is -0.453 e. The molecular formula is C10H16N4O2S. The number of rotatable bonds is 2. The summed E-state index contributed by atoms with van der Waals surface area (Å²) in [5, 5.41) is 4.12. The standard InChI is InChI=1S/C10H16N4O2S/c1-7-11-9(17-13-7)12-8-4-3-5-14(6-8)10(15)16-2/h8H,3-6H2,1-2H3,(H,11,12,13)/t8-/m1/s1. The van der Waals surface area contributed by atoms with Crippen LogP contribution in [-0.4, -0.2) is 46.6 Å². The van der Waals surface area contributed by atoms with Crippen LogP contribution in [0.5, 0.6) is 0 Å². The predicted octanol–water partition coefficient (Wildman–Crippen LogP) is 1.49. The number of piperidine rings is 1. The third-order valence-corrected chi connectivity index (χ3v) is 3.45. The highest BCUT2D eigenvalue weighted by atomic mass is 32.1. The Hall–Kier alpha value is -1.37. The minimum atomic E-state index is -0.259. The number of carbonyl (C=O) groups excluding carboxylic acids is 1. The van der Waals surface area contributed by atoms with Crippen molar-refractivity contribution in [3.63, 3.8) is 0 Å². The molecule has 1 aliphatic rings. The SMILES string of the molecule is COC(=O)N1CCC[C@@H](Nc2nc(C)ns2)C1. The molecule has 1 N–H and O–H groups in total. The van der Waals surface area contributed by atoms with Crippen LogP contribution >= 0.6 is 11.5 Å². The first-order chi connectivity index (χ1) is 8.19. The number of nitrogens with zero attached hydrogens (tertiary/aromatic N) is 3. The van der Waals surface area contributed by atoms with E-state index >= 15 is 0 Å². The Balaban J connectivity index is 1.91. The fourth-order valence-corrected chi connectivity index (χ4v) is 2.57. The van der Waals surface area contributed by atoms with E-state index in [0.717, 1.165) is 30.3 Å². The average molecular weight is 256 g/mol. The number of likely N-dealkylation sites (tertiary alicyclic amines) is 1. The van der Waals surface area contributed by atoms with Crippen LogP contribution in [0.1, 0.15) is 18.7 Å². The number of aryl methyl sites for hydroxylation is 1. The quantitative estimate of drug-likeness (QED) is 0.868. The molecule has 6 nitrogen and oxygen atoms in total. The topological polar surface area (TPSA) is 67.3 Å². The van der Waals surface area contributed by atoms with Crippen molar-refractivity contribution in [3.05, 3.63) is 5.82 Å². The van der Waals surface area contributed by atoms with Crippen molar-refractivity contribution >= 4 is 22.8 Å². The van der Waals surface area contributed by atoms with Gasteiger partial charge in [-0.3, -0.25) is 0 Å². The van der Waals surface area contributed by atoms with Gasteiger partial charge in [-0.1, -0.05) is 0 Å². The van der Waals surface area contributed by atoms with E-state index in [1.807, 2.05) is 6.92 Å². The van der Waals surface area contributed by atoms with Crippen LogP contribution in [0.3, 0.4) is 0 Å². The molecule has 0 saturated carbocycles. The van der Waals surface area contributed by atoms with Gasteiger partial charge in [0.2, 0.25) is 5.13 Å². The van der Waals surface area contributed by atoms with Crippen molar-refractivity contribution in [1.29, 1.82) is 0 Å². The number of carbonyl (C=O) groups is 1. The van der Waals surface area contributed by atoms with Crippen LogP contribution in [0.4, 0.5) is 9.93 Å². The summed E-state index contributed by atoms with van der Waals surface area (Å²) in [5.41, 5.74) is 0. The molecule has 1 aliphatic heterocycles. The second kappa shape index (κ2) is 5.31. The lowest BCUT2D eigenvalue weighted by atomic mass is 10.1. The molecule has 0 spiro atoms. The first kappa shape index (κ1) is 12.1. The monoisotopic (exact) mass is 256 g/mol. The molecule has 1 aromatic rings. The van der Waals surface area contributed by atoms with Gasteiger partial charge in [-0.2, -0.15) is 4.37 Å². The number of aromatic nitrogens is 2. The molecule has 1 amide bonds. The number of anilines is 1. The molecule has 2 heterocycles. The Morgan fingerprint density at radius 3 is 3.12 bits per heavy atom. The first-order valence-corrected chi connectivity index (χ1v) is 6.36. The molecule has 17 heavy (non-hydrogen) atoms. The maximum Gasteiger partial charge on any atom is 0.409 e. The van der Waals surface area contributed by atoms with E-state index in [-0.39, 0.29) is 12.1 Å². The normalized spacial score (nSPS) is 20.1. The lowest BCUT2D eigenvalue weighted by Gasteiger charge is -2.31. The second-order valence-electron chi connectivity index (χ2n) is 4.05. The van der Waals surface area contributed by atoms with Crippen molar-refractivity contribution in [1.82, 2.24) is 14.3 Å². The number of methoxy groups -OCH3 is 1. The van der Waals surface area contributed by atoms with Crippen molar-refractivity contribution in [3.8, 4) is 0 Å². The third kappa shape index (κ3) is 3.06. The van der Waals surface area contributed by atoms with Crippen molar-refractivity contribution in [2.45, 2.75) is 25.8 Å². The van der Waals surface area contributed by atoms with Gasteiger partial charge in [0.15, 0.2) is 0 Å². The molecule has 0 aliphatic carbocycles. The summed E-state index contributed by atoms with van der Waals surface area (Å²) in [6, 6.07) is 0.232.